The highest BCUT2D eigenvalue weighted by Crippen LogP contribution is 2.27. The Morgan fingerprint density at radius 3 is 2.21 bits per heavy atom. The van der Waals surface area contributed by atoms with Crippen LogP contribution in [0.15, 0.2) is 76.7 Å². The highest BCUT2D eigenvalue weighted by molar-refractivity contribution is 7.92. The molecule has 7 nitrogen and oxygen atoms in total. The van der Waals surface area contributed by atoms with E-state index in [1.807, 2.05) is 32.9 Å². The van der Waals surface area contributed by atoms with Crippen molar-refractivity contribution in [3.63, 3.8) is 0 Å². The number of methoxy groups -OCH3 is 1. The first kappa shape index (κ1) is 24.0. The van der Waals surface area contributed by atoms with E-state index >= 15 is 0 Å². The second-order valence-corrected chi connectivity index (χ2v) is 9.54. The Bertz CT molecular complexity index is 1250. The molecule has 0 spiro atoms. The number of hydrogen-bond donors (Lipinski definition) is 1. The average molecular weight is 466 g/mol. The summed E-state index contributed by atoms with van der Waals surface area (Å²) in [6, 6.07) is 19.1. The van der Waals surface area contributed by atoms with E-state index < -0.39 is 22.5 Å². The molecule has 3 rings (SSSR count). The third-order valence-electron chi connectivity index (χ3n) is 5.04. The zero-order valence-corrected chi connectivity index (χ0v) is 19.9. The van der Waals surface area contributed by atoms with Crippen LogP contribution in [0.25, 0.3) is 0 Å². The average Bonchev–Trinajstić information content (AvgIpc) is 2.78. The van der Waals surface area contributed by atoms with Crippen molar-refractivity contribution in [2.45, 2.75) is 25.7 Å². The second kappa shape index (κ2) is 10.3. The summed E-state index contributed by atoms with van der Waals surface area (Å²) >= 11 is 0. The number of carbonyl (C=O) groups excluding carboxylic acids is 1. The molecule has 0 bridgehead atoms. The lowest BCUT2D eigenvalue weighted by molar-refractivity contribution is -0.119. The Morgan fingerprint density at radius 2 is 1.61 bits per heavy atom. The van der Waals surface area contributed by atoms with E-state index in [0.717, 1.165) is 26.6 Å². The first-order chi connectivity index (χ1) is 15.7. The molecule has 0 radical (unpaired) electrons. The number of rotatable bonds is 8. The van der Waals surface area contributed by atoms with Gasteiger partial charge >= 0.3 is 0 Å². The molecule has 1 amide bonds. The molecule has 0 saturated heterocycles. The molecule has 0 atom stereocenters. The molecular formula is C25H27N3O4S. The topological polar surface area (TPSA) is 88.1 Å². The molecule has 0 saturated carbocycles. The lowest BCUT2D eigenvalue weighted by atomic mass is 10.1. The summed E-state index contributed by atoms with van der Waals surface area (Å²) in [5, 5.41) is 3.96. The first-order valence-corrected chi connectivity index (χ1v) is 11.8. The molecular weight excluding hydrogens is 438 g/mol. The van der Waals surface area contributed by atoms with Crippen LogP contribution in [0.4, 0.5) is 5.69 Å². The minimum Gasteiger partial charge on any atom is -0.497 e. The van der Waals surface area contributed by atoms with Crippen molar-refractivity contribution in [2.24, 2.45) is 5.10 Å². The van der Waals surface area contributed by atoms with E-state index in [0.29, 0.717) is 11.4 Å². The van der Waals surface area contributed by atoms with Crippen LogP contribution < -0.4 is 14.5 Å². The van der Waals surface area contributed by atoms with E-state index in [1.54, 1.807) is 61.7 Å². The van der Waals surface area contributed by atoms with Crippen molar-refractivity contribution < 1.29 is 17.9 Å². The smallest absolute Gasteiger partial charge is 0.264 e. The molecule has 33 heavy (non-hydrogen) atoms. The quantitative estimate of drug-likeness (QED) is 0.403. The van der Waals surface area contributed by atoms with Crippen LogP contribution in [0, 0.1) is 20.8 Å². The van der Waals surface area contributed by atoms with E-state index in [4.69, 9.17) is 4.74 Å². The number of anilines is 1. The minimum atomic E-state index is -3.98. The molecule has 0 aliphatic carbocycles. The van der Waals surface area contributed by atoms with E-state index in [-0.39, 0.29) is 4.90 Å². The van der Waals surface area contributed by atoms with Gasteiger partial charge in [0.05, 0.1) is 23.9 Å². The summed E-state index contributed by atoms with van der Waals surface area (Å²) in [7, 11) is -2.40. The Kier molecular flexibility index (Phi) is 7.50. The van der Waals surface area contributed by atoms with Crippen molar-refractivity contribution in [2.75, 3.05) is 18.0 Å². The molecule has 0 heterocycles. The number of aryl methyl sites for hydroxylation is 3. The third kappa shape index (κ3) is 5.98. The molecule has 8 heteroatoms. The van der Waals surface area contributed by atoms with Gasteiger partial charge in [0.15, 0.2) is 0 Å². The number of amides is 1. The predicted octanol–water partition coefficient (Wildman–Crippen LogP) is 3.97. The largest absolute Gasteiger partial charge is 0.497 e. The van der Waals surface area contributed by atoms with Crippen molar-refractivity contribution in [3.05, 3.63) is 89.0 Å². The number of ether oxygens (including phenoxy) is 1. The zero-order valence-electron chi connectivity index (χ0n) is 19.1. The molecule has 0 fully saturated rings. The number of benzene rings is 3. The van der Waals surface area contributed by atoms with Crippen LogP contribution in [-0.4, -0.2) is 34.2 Å². The molecule has 3 aromatic carbocycles. The summed E-state index contributed by atoms with van der Waals surface area (Å²) < 4.78 is 33.2. The number of sulfonamides is 1. The van der Waals surface area contributed by atoms with Gasteiger partial charge in [0.25, 0.3) is 15.9 Å². The molecule has 0 aliphatic rings. The van der Waals surface area contributed by atoms with Gasteiger partial charge in [-0.05, 0) is 74.4 Å². The Balaban J connectivity index is 1.85. The summed E-state index contributed by atoms with van der Waals surface area (Å²) in [4.78, 5) is 12.8. The van der Waals surface area contributed by atoms with Crippen LogP contribution in [0.5, 0.6) is 5.75 Å². The Morgan fingerprint density at radius 1 is 0.970 bits per heavy atom. The second-order valence-electron chi connectivity index (χ2n) is 7.68. The molecule has 3 aromatic rings. The third-order valence-corrected chi connectivity index (χ3v) is 6.81. The summed E-state index contributed by atoms with van der Waals surface area (Å²) in [6.07, 6.45) is 1.48. The summed E-state index contributed by atoms with van der Waals surface area (Å²) in [5.74, 6) is 0.150. The molecule has 1 N–H and O–H groups in total. The Labute approximate surface area is 194 Å². The monoisotopic (exact) mass is 465 g/mol. The lowest BCUT2D eigenvalue weighted by Crippen LogP contribution is -2.40. The van der Waals surface area contributed by atoms with Crippen LogP contribution in [0.1, 0.15) is 22.3 Å². The number of hydrazone groups is 1. The zero-order chi connectivity index (χ0) is 24.0. The van der Waals surface area contributed by atoms with Gasteiger partial charge in [-0.2, -0.15) is 5.10 Å². The van der Waals surface area contributed by atoms with Crippen molar-refractivity contribution in [1.82, 2.24) is 5.43 Å². The fourth-order valence-corrected chi connectivity index (χ4v) is 4.74. The normalized spacial score (nSPS) is 11.4. The number of nitrogens with one attached hydrogen (secondary N) is 1. The first-order valence-electron chi connectivity index (χ1n) is 10.3. The maximum atomic E-state index is 13.5. The fraction of sp³-hybridized carbons (Fsp3) is 0.200. The van der Waals surface area contributed by atoms with Gasteiger partial charge in [0.2, 0.25) is 0 Å². The van der Waals surface area contributed by atoms with Crippen LogP contribution in [-0.2, 0) is 14.8 Å². The maximum absolute atomic E-state index is 13.5. The number of carbonyl (C=O) groups is 1. The predicted molar refractivity (Wildman–Crippen MR) is 130 cm³/mol. The molecule has 0 aromatic heterocycles. The highest BCUT2D eigenvalue weighted by Gasteiger charge is 2.28. The van der Waals surface area contributed by atoms with E-state index in [9.17, 15) is 13.2 Å². The fourth-order valence-electron chi connectivity index (χ4n) is 3.26. The van der Waals surface area contributed by atoms with Gasteiger partial charge in [-0.15, -0.1) is 0 Å². The van der Waals surface area contributed by atoms with Gasteiger partial charge in [0, 0.05) is 0 Å². The number of nitrogens with zero attached hydrogens (tertiary/aromatic N) is 2. The molecule has 0 unspecified atom stereocenters. The SMILES string of the molecule is COc1ccc(/C=N\NC(=O)CN(c2ccc(C)cc2C)S(=O)(=O)c2ccc(C)cc2)cc1. The van der Waals surface area contributed by atoms with Crippen LogP contribution in [0.2, 0.25) is 0 Å². The Hall–Kier alpha value is -3.65. The lowest BCUT2D eigenvalue weighted by Gasteiger charge is -2.25. The maximum Gasteiger partial charge on any atom is 0.264 e. The van der Waals surface area contributed by atoms with Gasteiger partial charge < -0.3 is 4.74 Å². The van der Waals surface area contributed by atoms with Gasteiger partial charge in [-0.25, -0.2) is 13.8 Å². The molecule has 172 valence electrons. The highest BCUT2D eigenvalue weighted by atomic mass is 32.2. The number of hydrogen-bond acceptors (Lipinski definition) is 5. The van der Waals surface area contributed by atoms with Gasteiger partial charge in [-0.3, -0.25) is 9.10 Å². The van der Waals surface area contributed by atoms with Gasteiger partial charge in [0.1, 0.15) is 12.3 Å². The van der Waals surface area contributed by atoms with Gasteiger partial charge in [-0.1, -0.05) is 35.4 Å². The summed E-state index contributed by atoms with van der Waals surface area (Å²) in [5.41, 5.74) is 6.31. The van der Waals surface area contributed by atoms with Crippen LogP contribution in [0.3, 0.4) is 0 Å². The minimum absolute atomic E-state index is 0.114. The standard InChI is InChI=1S/C25H27N3O4S/c1-18-5-12-23(13-6-18)33(30,31)28(24-14-7-19(2)15-20(24)3)17-25(29)27-26-16-21-8-10-22(32-4)11-9-21/h5-16H,17H2,1-4H3,(H,27,29)/b26-16-. The van der Waals surface area contributed by atoms with Crippen molar-refractivity contribution >= 4 is 27.8 Å². The van der Waals surface area contributed by atoms with E-state index in [1.165, 1.54) is 6.21 Å². The van der Waals surface area contributed by atoms with Crippen molar-refractivity contribution in [1.29, 1.82) is 0 Å². The van der Waals surface area contributed by atoms with Crippen LogP contribution >= 0.6 is 0 Å². The summed E-state index contributed by atoms with van der Waals surface area (Å²) in [6.45, 7) is 5.21. The van der Waals surface area contributed by atoms with E-state index in [2.05, 4.69) is 10.5 Å². The van der Waals surface area contributed by atoms with Crippen molar-refractivity contribution in [3.8, 4) is 5.75 Å². The molecule has 0 aliphatic heterocycles.